The van der Waals surface area contributed by atoms with E-state index in [9.17, 15) is 9.90 Å². The van der Waals surface area contributed by atoms with Crippen LogP contribution in [0.25, 0.3) is 0 Å². The quantitative estimate of drug-likeness (QED) is 0.367. The molecule has 0 aromatic carbocycles. The van der Waals surface area contributed by atoms with Crippen LogP contribution in [0.1, 0.15) is 92.4 Å². The first-order valence-corrected chi connectivity index (χ1v) is 16.7. The van der Waals surface area contributed by atoms with E-state index < -0.39 is 13.9 Å². The lowest BCUT2D eigenvalue weighted by atomic mass is 9.44. The van der Waals surface area contributed by atoms with E-state index in [-0.39, 0.29) is 10.5 Å². The van der Waals surface area contributed by atoms with Crippen molar-refractivity contribution < 1.29 is 14.3 Å². The summed E-state index contributed by atoms with van der Waals surface area (Å²) in [5.41, 5.74) is -0.274. The molecule has 2 unspecified atom stereocenters. The average Bonchev–Trinajstić information content (AvgIpc) is 3.02. The van der Waals surface area contributed by atoms with Gasteiger partial charge in [-0.15, -0.1) is 0 Å². The fourth-order valence-electron chi connectivity index (χ4n) is 8.17. The van der Waals surface area contributed by atoms with Gasteiger partial charge in [0.05, 0.1) is 5.60 Å². The van der Waals surface area contributed by atoms with Crippen molar-refractivity contribution in [3.8, 4) is 0 Å². The molecule has 4 aliphatic rings. The van der Waals surface area contributed by atoms with Gasteiger partial charge in [0.15, 0.2) is 8.32 Å². The summed E-state index contributed by atoms with van der Waals surface area (Å²) in [6, 6.07) is 0. The summed E-state index contributed by atoms with van der Waals surface area (Å²) in [6.45, 7) is 18.5. The summed E-state index contributed by atoms with van der Waals surface area (Å²) in [5, 5.41) is 15.3. The van der Waals surface area contributed by atoms with E-state index in [1.165, 1.54) is 19.3 Å². The molecular formula is C28H51NO3Si. The highest BCUT2D eigenvalue weighted by Crippen LogP contribution is 2.66. The van der Waals surface area contributed by atoms with Gasteiger partial charge in [-0.05, 0) is 98.6 Å². The molecule has 0 radical (unpaired) electrons. The molecule has 0 saturated heterocycles. The van der Waals surface area contributed by atoms with E-state index in [1.54, 1.807) is 0 Å². The first-order valence-electron chi connectivity index (χ1n) is 13.8. The number of fused-ring (bicyclic) bond motifs is 5. The van der Waals surface area contributed by atoms with Gasteiger partial charge in [-0.25, -0.2) is 0 Å². The van der Waals surface area contributed by atoms with Crippen LogP contribution in [0.4, 0.5) is 0 Å². The maximum absolute atomic E-state index is 12.7. The summed E-state index contributed by atoms with van der Waals surface area (Å²) in [5.74, 6) is 3.25. The van der Waals surface area contributed by atoms with Gasteiger partial charge in [-0.2, -0.15) is 0 Å². The van der Waals surface area contributed by atoms with Gasteiger partial charge >= 0.3 is 0 Å². The van der Waals surface area contributed by atoms with Crippen molar-refractivity contribution in [2.45, 2.75) is 116 Å². The summed E-state index contributed by atoms with van der Waals surface area (Å²) in [6.07, 6.45) is 9.73. The zero-order valence-corrected chi connectivity index (χ0v) is 23.6. The van der Waals surface area contributed by atoms with Crippen LogP contribution in [0.2, 0.25) is 18.1 Å². The maximum atomic E-state index is 12.7. The fraction of sp³-hybridized carbons (Fsp3) is 0.964. The molecule has 0 aromatic rings. The maximum Gasteiger partial charge on any atom is 0.192 e. The molecule has 4 saturated carbocycles. The van der Waals surface area contributed by atoms with Crippen LogP contribution in [0, 0.1) is 34.5 Å². The second-order valence-electron chi connectivity index (χ2n) is 14.3. The van der Waals surface area contributed by atoms with Crippen LogP contribution in [0.5, 0.6) is 0 Å². The van der Waals surface area contributed by atoms with E-state index in [1.807, 2.05) is 0 Å². The molecule has 0 spiro atoms. The van der Waals surface area contributed by atoms with Crippen LogP contribution < -0.4 is 5.32 Å². The third-order valence-electron chi connectivity index (χ3n) is 11.5. The number of nitrogens with one attached hydrogen (secondary N) is 1. The van der Waals surface area contributed by atoms with Crippen molar-refractivity contribution in [1.29, 1.82) is 0 Å². The minimum Gasteiger partial charge on any atom is -0.416 e. The van der Waals surface area contributed by atoms with Gasteiger partial charge in [0.25, 0.3) is 0 Å². The Morgan fingerprint density at radius 1 is 1.06 bits per heavy atom. The molecule has 7 atom stereocenters. The number of aliphatic hydroxyl groups is 1. The molecule has 0 amide bonds. The topological polar surface area (TPSA) is 58.6 Å². The van der Waals surface area contributed by atoms with Crippen molar-refractivity contribution in [2.75, 3.05) is 19.7 Å². The van der Waals surface area contributed by atoms with E-state index in [4.69, 9.17) is 4.43 Å². The molecular weight excluding hydrogens is 426 g/mol. The molecule has 0 heterocycles. The van der Waals surface area contributed by atoms with Gasteiger partial charge in [-0.1, -0.05) is 34.6 Å². The number of hydrogen-bond acceptors (Lipinski definition) is 4. The third kappa shape index (κ3) is 4.54. The summed E-state index contributed by atoms with van der Waals surface area (Å²) in [4.78, 5) is 12.7. The lowest BCUT2D eigenvalue weighted by molar-refractivity contribution is -0.153. The Labute approximate surface area is 204 Å². The second-order valence-corrected chi connectivity index (χ2v) is 19.1. The van der Waals surface area contributed by atoms with Crippen LogP contribution in [-0.2, 0) is 9.22 Å². The van der Waals surface area contributed by atoms with Gasteiger partial charge in [-0.3, -0.25) is 4.79 Å². The molecule has 4 rings (SSSR count). The number of ketones is 1. The predicted molar refractivity (Wildman–Crippen MR) is 138 cm³/mol. The van der Waals surface area contributed by atoms with Gasteiger partial charge in [0.2, 0.25) is 0 Å². The zero-order chi connectivity index (χ0) is 24.3. The van der Waals surface area contributed by atoms with Crippen molar-refractivity contribution >= 4 is 14.1 Å². The average molecular weight is 478 g/mol. The standard InChI is InChI=1S/C28H51NO3Si/c1-25(2,3)33(6,7)32-17-16-29-19-28(31)15-14-26(4)20(18-28)8-9-21-22-10-11-24(30)27(22,5)13-12-23(21)26/h20-23,29,31H,8-19H2,1-7H3/t20?,21-,22-,23+,26-,27-,28?/m0/s1. The van der Waals surface area contributed by atoms with Crippen molar-refractivity contribution in [3.05, 3.63) is 0 Å². The van der Waals surface area contributed by atoms with E-state index in [2.05, 4.69) is 53.0 Å². The molecule has 2 N–H and O–H groups in total. The predicted octanol–water partition coefficient (Wildman–Crippen LogP) is 5.94. The Hall–Kier alpha value is -0.233. The molecule has 4 nitrogen and oxygen atoms in total. The summed E-state index contributed by atoms with van der Waals surface area (Å²) in [7, 11) is -1.71. The highest BCUT2D eigenvalue weighted by molar-refractivity contribution is 6.74. The van der Waals surface area contributed by atoms with Crippen molar-refractivity contribution in [3.63, 3.8) is 0 Å². The van der Waals surface area contributed by atoms with Crippen LogP contribution in [0.3, 0.4) is 0 Å². The number of rotatable bonds is 6. The van der Waals surface area contributed by atoms with Gasteiger partial charge in [0.1, 0.15) is 5.78 Å². The van der Waals surface area contributed by atoms with Crippen LogP contribution in [-0.4, -0.2) is 44.5 Å². The Bertz CT molecular complexity index is 748. The number of carbonyl (C=O) groups is 1. The second kappa shape index (κ2) is 8.71. The molecule has 0 aromatic heterocycles. The Morgan fingerprint density at radius 2 is 1.79 bits per heavy atom. The van der Waals surface area contributed by atoms with Crippen LogP contribution in [0.15, 0.2) is 0 Å². The highest BCUT2D eigenvalue weighted by atomic mass is 28.4. The Morgan fingerprint density at radius 3 is 2.48 bits per heavy atom. The van der Waals surface area contributed by atoms with Crippen LogP contribution >= 0.6 is 0 Å². The highest BCUT2D eigenvalue weighted by Gasteiger charge is 2.61. The zero-order valence-electron chi connectivity index (χ0n) is 22.6. The minimum absolute atomic E-state index is 0.0316. The molecule has 4 aliphatic carbocycles. The first-order chi connectivity index (χ1) is 15.2. The van der Waals surface area contributed by atoms with E-state index >= 15 is 0 Å². The number of carbonyl (C=O) groups excluding carboxylic acids is 1. The van der Waals surface area contributed by atoms with Gasteiger partial charge in [0, 0.05) is 31.5 Å². The van der Waals surface area contributed by atoms with E-state index in [0.717, 1.165) is 63.5 Å². The van der Waals surface area contributed by atoms with Gasteiger partial charge < -0.3 is 14.8 Å². The summed E-state index contributed by atoms with van der Waals surface area (Å²) < 4.78 is 6.30. The lowest BCUT2D eigenvalue weighted by Crippen LogP contribution is -2.57. The first kappa shape index (κ1) is 25.8. The molecule has 4 fully saturated rings. The molecule has 33 heavy (non-hydrogen) atoms. The lowest BCUT2D eigenvalue weighted by Gasteiger charge is -2.61. The third-order valence-corrected chi connectivity index (χ3v) is 16.1. The molecule has 190 valence electrons. The number of Topliss-reactive ketones (excluding diaryl/α,β-unsaturated/α-hetero) is 1. The fourth-order valence-corrected chi connectivity index (χ4v) is 9.22. The van der Waals surface area contributed by atoms with Crippen molar-refractivity contribution in [1.82, 2.24) is 5.32 Å². The normalized spacial score (nSPS) is 43.7. The number of hydrogen-bond donors (Lipinski definition) is 2. The van der Waals surface area contributed by atoms with Crippen molar-refractivity contribution in [2.24, 2.45) is 34.5 Å². The minimum atomic E-state index is -1.71. The monoisotopic (exact) mass is 477 g/mol. The van der Waals surface area contributed by atoms with E-state index in [0.29, 0.717) is 29.6 Å². The SMILES string of the molecule is CC(C)(C)[Si](C)(C)OCCNCC1(O)CC[C@@]2(C)C(CC[C@@H]3[C@H]2CC[C@]2(C)C(=O)CC[C@@H]32)C1. The Balaban J connectivity index is 1.31. The molecule has 5 heteroatoms. The summed E-state index contributed by atoms with van der Waals surface area (Å²) >= 11 is 0. The molecule has 0 aliphatic heterocycles. The smallest absolute Gasteiger partial charge is 0.192 e. The largest absolute Gasteiger partial charge is 0.416 e. The Kier molecular flexibility index (Phi) is 6.82. The molecule has 0 bridgehead atoms.